The summed E-state index contributed by atoms with van der Waals surface area (Å²) in [5.41, 5.74) is 15.1. The SMILES string of the molecule is CC1(C)c2cc(-c3cccc(-c4cc(-c5ccccc5)nc(-c5ccc(-c6ccccc6)cc5)n4)c3)ccc2-c2c1ccc1ccccc21. The monoisotopic (exact) mass is 626 g/mol. The summed E-state index contributed by atoms with van der Waals surface area (Å²) in [5, 5.41) is 2.61. The predicted octanol–water partition coefficient (Wildman–Crippen LogP) is 12.3. The second kappa shape index (κ2) is 11.5. The lowest BCUT2D eigenvalue weighted by Crippen LogP contribution is -2.15. The van der Waals surface area contributed by atoms with Crippen LogP contribution in [0.15, 0.2) is 170 Å². The highest BCUT2D eigenvalue weighted by Gasteiger charge is 2.36. The minimum Gasteiger partial charge on any atom is -0.228 e. The van der Waals surface area contributed by atoms with Crippen molar-refractivity contribution >= 4 is 10.8 Å². The first kappa shape index (κ1) is 29.1. The highest BCUT2D eigenvalue weighted by molar-refractivity contribution is 6.02. The van der Waals surface area contributed by atoms with Crippen molar-refractivity contribution < 1.29 is 0 Å². The van der Waals surface area contributed by atoms with Crippen LogP contribution in [0.4, 0.5) is 0 Å². The fraction of sp³-hybridized carbons (Fsp3) is 0.0638. The lowest BCUT2D eigenvalue weighted by Gasteiger charge is -2.22. The van der Waals surface area contributed by atoms with Gasteiger partial charge in [-0.3, -0.25) is 0 Å². The summed E-state index contributed by atoms with van der Waals surface area (Å²) in [5.74, 6) is 0.714. The molecule has 0 radical (unpaired) electrons. The molecule has 0 atom stereocenters. The van der Waals surface area contributed by atoms with E-state index in [9.17, 15) is 0 Å². The molecule has 232 valence electrons. The molecule has 1 aliphatic carbocycles. The average molecular weight is 627 g/mol. The van der Waals surface area contributed by atoms with E-state index in [-0.39, 0.29) is 5.41 Å². The van der Waals surface area contributed by atoms with Crippen LogP contribution in [-0.2, 0) is 5.41 Å². The van der Waals surface area contributed by atoms with Gasteiger partial charge in [-0.05, 0) is 73.5 Å². The van der Waals surface area contributed by atoms with Crippen LogP contribution in [-0.4, -0.2) is 9.97 Å². The molecule has 1 aromatic heterocycles. The molecule has 1 aliphatic rings. The molecule has 0 unspecified atom stereocenters. The van der Waals surface area contributed by atoms with Gasteiger partial charge >= 0.3 is 0 Å². The molecular formula is C47H34N2. The van der Waals surface area contributed by atoms with Crippen molar-refractivity contribution in [2.75, 3.05) is 0 Å². The highest BCUT2D eigenvalue weighted by atomic mass is 14.9. The van der Waals surface area contributed by atoms with Crippen molar-refractivity contribution in [1.29, 1.82) is 0 Å². The second-order valence-electron chi connectivity index (χ2n) is 13.4. The van der Waals surface area contributed by atoms with E-state index in [2.05, 4.69) is 172 Å². The van der Waals surface area contributed by atoms with Crippen molar-refractivity contribution in [3.05, 3.63) is 181 Å². The van der Waals surface area contributed by atoms with Crippen molar-refractivity contribution in [2.45, 2.75) is 19.3 Å². The van der Waals surface area contributed by atoms with Crippen molar-refractivity contribution in [1.82, 2.24) is 9.97 Å². The Morgan fingerprint density at radius 2 is 0.959 bits per heavy atom. The van der Waals surface area contributed by atoms with Crippen molar-refractivity contribution in [3.63, 3.8) is 0 Å². The maximum Gasteiger partial charge on any atom is 0.160 e. The van der Waals surface area contributed by atoms with Gasteiger partial charge in [0.2, 0.25) is 0 Å². The van der Waals surface area contributed by atoms with E-state index in [1.54, 1.807) is 0 Å². The Morgan fingerprint density at radius 3 is 1.73 bits per heavy atom. The molecule has 0 aliphatic heterocycles. The third-order valence-corrected chi connectivity index (χ3v) is 10.1. The number of benzene rings is 7. The molecule has 7 aromatic carbocycles. The molecule has 1 heterocycles. The Morgan fingerprint density at radius 1 is 0.388 bits per heavy atom. The molecule has 0 fully saturated rings. The number of nitrogens with zero attached hydrogens (tertiary/aromatic N) is 2. The summed E-state index contributed by atoms with van der Waals surface area (Å²) in [4.78, 5) is 10.2. The van der Waals surface area contributed by atoms with Gasteiger partial charge in [-0.25, -0.2) is 9.97 Å². The Balaban J connectivity index is 1.13. The van der Waals surface area contributed by atoms with Crippen LogP contribution < -0.4 is 0 Å². The number of aromatic nitrogens is 2. The van der Waals surface area contributed by atoms with Crippen molar-refractivity contribution in [2.24, 2.45) is 0 Å². The smallest absolute Gasteiger partial charge is 0.160 e. The largest absolute Gasteiger partial charge is 0.228 e. The lowest BCUT2D eigenvalue weighted by molar-refractivity contribution is 0.661. The first-order valence-electron chi connectivity index (χ1n) is 16.9. The molecule has 0 N–H and O–H groups in total. The summed E-state index contributed by atoms with van der Waals surface area (Å²) < 4.78 is 0. The van der Waals surface area contributed by atoms with Gasteiger partial charge in [0.25, 0.3) is 0 Å². The van der Waals surface area contributed by atoms with Gasteiger partial charge in [0, 0.05) is 22.1 Å². The third kappa shape index (κ3) is 5.05. The zero-order valence-corrected chi connectivity index (χ0v) is 27.6. The fourth-order valence-electron chi connectivity index (χ4n) is 7.47. The number of hydrogen-bond acceptors (Lipinski definition) is 2. The van der Waals surface area contributed by atoms with Crippen LogP contribution in [0.2, 0.25) is 0 Å². The molecular weight excluding hydrogens is 593 g/mol. The number of fused-ring (bicyclic) bond motifs is 5. The molecule has 49 heavy (non-hydrogen) atoms. The second-order valence-corrected chi connectivity index (χ2v) is 13.4. The maximum absolute atomic E-state index is 5.16. The highest BCUT2D eigenvalue weighted by Crippen LogP contribution is 2.52. The average Bonchev–Trinajstić information content (AvgIpc) is 3.41. The zero-order chi connectivity index (χ0) is 33.0. The normalized spacial score (nSPS) is 12.9. The van der Waals surface area contributed by atoms with Gasteiger partial charge in [-0.15, -0.1) is 0 Å². The summed E-state index contributed by atoms with van der Waals surface area (Å²) in [6.45, 7) is 4.71. The van der Waals surface area contributed by atoms with Gasteiger partial charge in [0.15, 0.2) is 5.82 Å². The van der Waals surface area contributed by atoms with Crippen molar-refractivity contribution in [3.8, 4) is 67.3 Å². The van der Waals surface area contributed by atoms with E-state index >= 15 is 0 Å². The van der Waals surface area contributed by atoms with Crippen LogP contribution in [0, 0.1) is 0 Å². The summed E-state index contributed by atoms with van der Waals surface area (Å²) in [7, 11) is 0. The van der Waals surface area contributed by atoms with E-state index in [4.69, 9.17) is 9.97 Å². The zero-order valence-electron chi connectivity index (χ0n) is 27.6. The fourth-order valence-corrected chi connectivity index (χ4v) is 7.47. The van der Waals surface area contributed by atoms with E-state index in [0.717, 1.165) is 28.1 Å². The molecule has 0 spiro atoms. The van der Waals surface area contributed by atoms with E-state index in [1.807, 2.05) is 12.1 Å². The van der Waals surface area contributed by atoms with E-state index in [0.29, 0.717) is 5.82 Å². The van der Waals surface area contributed by atoms with Crippen LogP contribution in [0.1, 0.15) is 25.0 Å². The molecule has 2 heteroatoms. The topological polar surface area (TPSA) is 25.8 Å². The van der Waals surface area contributed by atoms with Gasteiger partial charge in [-0.1, -0.05) is 166 Å². The first-order valence-corrected chi connectivity index (χ1v) is 16.9. The van der Waals surface area contributed by atoms with Gasteiger partial charge in [0.1, 0.15) is 0 Å². The number of hydrogen-bond donors (Lipinski definition) is 0. The molecule has 0 saturated carbocycles. The number of rotatable bonds is 5. The Labute approximate surface area is 287 Å². The Hall–Kier alpha value is -6.12. The standard InChI is InChI=1S/C47H34N2/c1-47(2)41-27-25-33-14-9-10-19-39(33)45(41)40-26-24-37(29-42(40)47)36-17-11-18-38(28-36)44-30-43(34-15-7-4-8-16-34)48-46(49-44)35-22-20-32(21-23-35)31-12-5-3-6-13-31/h3-30H,1-2H3. The summed E-state index contributed by atoms with van der Waals surface area (Å²) >= 11 is 0. The van der Waals surface area contributed by atoms with E-state index in [1.165, 1.54) is 55.3 Å². The van der Waals surface area contributed by atoms with Crippen LogP contribution in [0.5, 0.6) is 0 Å². The quantitative estimate of drug-likeness (QED) is 0.190. The molecule has 2 nitrogen and oxygen atoms in total. The van der Waals surface area contributed by atoms with Gasteiger partial charge in [-0.2, -0.15) is 0 Å². The van der Waals surface area contributed by atoms with Crippen LogP contribution in [0.3, 0.4) is 0 Å². The molecule has 0 bridgehead atoms. The molecule has 8 aromatic rings. The van der Waals surface area contributed by atoms with Gasteiger partial charge < -0.3 is 0 Å². The van der Waals surface area contributed by atoms with E-state index < -0.39 is 0 Å². The molecule has 9 rings (SSSR count). The minimum absolute atomic E-state index is 0.0927. The molecule has 0 saturated heterocycles. The minimum atomic E-state index is -0.0927. The Bertz CT molecular complexity index is 2490. The van der Waals surface area contributed by atoms with Gasteiger partial charge in [0.05, 0.1) is 11.4 Å². The molecule has 0 amide bonds. The third-order valence-electron chi connectivity index (χ3n) is 10.1. The summed E-state index contributed by atoms with van der Waals surface area (Å²) in [6, 6.07) is 60.6. The van der Waals surface area contributed by atoms with Crippen LogP contribution in [0.25, 0.3) is 78.1 Å². The summed E-state index contributed by atoms with van der Waals surface area (Å²) in [6.07, 6.45) is 0. The predicted molar refractivity (Wildman–Crippen MR) is 204 cm³/mol. The lowest BCUT2D eigenvalue weighted by atomic mass is 9.81. The van der Waals surface area contributed by atoms with Crippen LogP contribution >= 0.6 is 0 Å². The first-order chi connectivity index (χ1) is 24.0. The maximum atomic E-state index is 5.16. The Kier molecular flexibility index (Phi) is 6.84.